The number of nitrogens with zero attached hydrogens (tertiary/aromatic N) is 3. The van der Waals surface area contributed by atoms with E-state index in [9.17, 15) is 0 Å². The minimum atomic E-state index is 0.785. The van der Waals surface area contributed by atoms with Gasteiger partial charge in [-0.05, 0) is 19.2 Å². The fourth-order valence-electron chi connectivity index (χ4n) is 1.84. The summed E-state index contributed by atoms with van der Waals surface area (Å²) in [6.45, 7) is 3.65. The number of rotatable bonds is 7. The van der Waals surface area contributed by atoms with Gasteiger partial charge in [0.15, 0.2) is 0 Å². The highest BCUT2D eigenvalue weighted by atomic mass is 16.3. The molecule has 0 saturated carbocycles. The number of hydrogen-bond donors (Lipinski definition) is 1. The molecule has 0 unspecified atom stereocenters. The molecule has 0 atom stereocenters. The molecular formula is C13H20N4O. The average molecular weight is 248 g/mol. The van der Waals surface area contributed by atoms with Crippen molar-refractivity contribution < 1.29 is 4.42 Å². The minimum absolute atomic E-state index is 0.785. The molecule has 0 aliphatic heterocycles. The summed E-state index contributed by atoms with van der Waals surface area (Å²) in [5.41, 5.74) is 1.24. The molecule has 0 aliphatic rings. The van der Waals surface area contributed by atoms with Crippen molar-refractivity contribution in [2.24, 2.45) is 7.05 Å². The zero-order valence-electron chi connectivity index (χ0n) is 11.0. The van der Waals surface area contributed by atoms with Gasteiger partial charge in [0.1, 0.15) is 5.76 Å². The van der Waals surface area contributed by atoms with Gasteiger partial charge in [0.05, 0.1) is 19.0 Å². The fraction of sp³-hybridized carbons (Fsp3) is 0.462. The van der Waals surface area contributed by atoms with Crippen molar-refractivity contribution in [1.29, 1.82) is 0 Å². The van der Waals surface area contributed by atoms with E-state index in [1.807, 2.05) is 36.3 Å². The molecule has 98 valence electrons. The Bertz CT molecular complexity index is 449. The van der Waals surface area contributed by atoms with Gasteiger partial charge in [-0.1, -0.05) is 0 Å². The SMILES string of the molecule is CN(CCNCc1ccco1)Cc1cnn(C)c1. The molecule has 0 bridgehead atoms. The Kier molecular flexibility index (Phi) is 4.55. The largest absolute Gasteiger partial charge is 0.468 e. The first kappa shape index (κ1) is 12.9. The zero-order valence-corrected chi connectivity index (χ0v) is 11.0. The molecule has 0 amide bonds. The zero-order chi connectivity index (χ0) is 12.8. The van der Waals surface area contributed by atoms with Crippen LogP contribution in [0.4, 0.5) is 0 Å². The number of likely N-dealkylation sites (N-methyl/N-ethyl adjacent to an activating group) is 1. The third kappa shape index (κ3) is 4.01. The second kappa shape index (κ2) is 6.37. The Labute approximate surface area is 107 Å². The second-order valence-corrected chi connectivity index (χ2v) is 4.52. The summed E-state index contributed by atoms with van der Waals surface area (Å²) in [4.78, 5) is 2.27. The molecule has 2 aromatic heterocycles. The van der Waals surface area contributed by atoms with Crippen molar-refractivity contribution in [2.45, 2.75) is 13.1 Å². The van der Waals surface area contributed by atoms with Gasteiger partial charge in [0.25, 0.3) is 0 Å². The number of aromatic nitrogens is 2. The van der Waals surface area contributed by atoms with Crippen LogP contribution in [0.1, 0.15) is 11.3 Å². The summed E-state index contributed by atoms with van der Waals surface area (Å²) in [5, 5.41) is 7.52. The van der Waals surface area contributed by atoms with Crippen LogP contribution in [-0.2, 0) is 20.1 Å². The van der Waals surface area contributed by atoms with Crippen LogP contribution in [0.15, 0.2) is 35.2 Å². The monoisotopic (exact) mass is 248 g/mol. The molecule has 2 rings (SSSR count). The van der Waals surface area contributed by atoms with Crippen LogP contribution in [0.25, 0.3) is 0 Å². The maximum absolute atomic E-state index is 5.25. The topological polar surface area (TPSA) is 46.2 Å². The summed E-state index contributed by atoms with van der Waals surface area (Å²) in [7, 11) is 4.05. The smallest absolute Gasteiger partial charge is 0.117 e. The van der Waals surface area contributed by atoms with Crippen LogP contribution in [0.2, 0.25) is 0 Å². The van der Waals surface area contributed by atoms with E-state index in [2.05, 4.69) is 22.4 Å². The van der Waals surface area contributed by atoms with Gasteiger partial charge in [-0.2, -0.15) is 5.10 Å². The molecule has 5 heteroatoms. The Morgan fingerprint density at radius 2 is 2.39 bits per heavy atom. The van der Waals surface area contributed by atoms with Gasteiger partial charge in [-0.15, -0.1) is 0 Å². The van der Waals surface area contributed by atoms with Crippen molar-refractivity contribution in [2.75, 3.05) is 20.1 Å². The molecular weight excluding hydrogens is 228 g/mol. The molecule has 1 N–H and O–H groups in total. The first-order valence-electron chi connectivity index (χ1n) is 6.13. The first-order valence-corrected chi connectivity index (χ1v) is 6.13. The Morgan fingerprint density at radius 3 is 3.06 bits per heavy atom. The summed E-state index contributed by atoms with van der Waals surface area (Å²) >= 11 is 0. The molecule has 0 aromatic carbocycles. The maximum Gasteiger partial charge on any atom is 0.117 e. The van der Waals surface area contributed by atoms with Crippen LogP contribution < -0.4 is 5.32 Å². The average Bonchev–Trinajstić information content (AvgIpc) is 2.96. The highest BCUT2D eigenvalue weighted by Gasteiger charge is 2.02. The lowest BCUT2D eigenvalue weighted by molar-refractivity contribution is 0.321. The first-order chi connectivity index (χ1) is 8.74. The quantitative estimate of drug-likeness (QED) is 0.749. The molecule has 0 radical (unpaired) electrons. The van der Waals surface area contributed by atoms with E-state index in [1.165, 1.54) is 5.56 Å². The molecule has 0 fully saturated rings. The summed E-state index contributed by atoms with van der Waals surface area (Å²) in [6, 6.07) is 3.89. The number of nitrogens with one attached hydrogen (secondary N) is 1. The number of hydrogen-bond acceptors (Lipinski definition) is 4. The Hall–Kier alpha value is -1.59. The van der Waals surface area contributed by atoms with Crippen molar-refractivity contribution in [3.63, 3.8) is 0 Å². The van der Waals surface area contributed by atoms with Gasteiger partial charge >= 0.3 is 0 Å². The predicted molar refractivity (Wildman–Crippen MR) is 70.0 cm³/mol. The van der Waals surface area contributed by atoms with Crippen LogP contribution in [0.3, 0.4) is 0 Å². The van der Waals surface area contributed by atoms with Gasteiger partial charge < -0.3 is 14.6 Å². The van der Waals surface area contributed by atoms with E-state index in [-0.39, 0.29) is 0 Å². The van der Waals surface area contributed by atoms with Crippen molar-refractivity contribution in [3.05, 3.63) is 42.1 Å². The molecule has 2 aromatic rings. The molecule has 18 heavy (non-hydrogen) atoms. The molecule has 5 nitrogen and oxygen atoms in total. The molecule has 0 saturated heterocycles. The van der Waals surface area contributed by atoms with Gasteiger partial charge in [0, 0.05) is 38.4 Å². The van der Waals surface area contributed by atoms with Crippen LogP contribution in [0, 0.1) is 0 Å². The Morgan fingerprint density at radius 1 is 1.50 bits per heavy atom. The normalized spacial score (nSPS) is 11.3. The lowest BCUT2D eigenvalue weighted by atomic mass is 10.3. The van der Waals surface area contributed by atoms with Crippen LogP contribution >= 0.6 is 0 Å². The highest BCUT2D eigenvalue weighted by molar-refractivity contribution is 5.03. The minimum Gasteiger partial charge on any atom is -0.468 e. The van der Waals surface area contributed by atoms with E-state index < -0.39 is 0 Å². The maximum atomic E-state index is 5.25. The van der Waals surface area contributed by atoms with Gasteiger partial charge in [-0.25, -0.2) is 0 Å². The Balaban J connectivity index is 1.61. The summed E-state index contributed by atoms with van der Waals surface area (Å²) < 4.78 is 7.08. The third-order valence-electron chi connectivity index (χ3n) is 2.76. The second-order valence-electron chi connectivity index (χ2n) is 4.52. The molecule has 2 heterocycles. The molecule has 0 spiro atoms. The fourth-order valence-corrected chi connectivity index (χ4v) is 1.84. The van der Waals surface area contributed by atoms with E-state index in [0.717, 1.165) is 31.9 Å². The molecule has 0 aliphatic carbocycles. The van der Waals surface area contributed by atoms with Crippen molar-refractivity contribution in [1.82, 2.24) is 20.0 Å². The van der Waals surface area contributed by atoms with E-state index >= 15 is 0 Å². The third-order valence-corrected chi connectivity index (χ3v) is 2.76. The van der Waals surface area contributed by atoms with Crippen LogP contribution in [0.5, 0.6) is 0 Å². The van der Waals surface area contributed by atoms with E-state index in [1.54, 1.807) is 6.26 Å². The van der Waals surface area contributed by atoms with Gasteiger partial charge in [0.2, 0.25) is 0 Å². The number of aryl methyl sites for hydroxylation is 1. The van der Waals surface area contributed by atoms with E-state index in [0.29, 0.717) is 0 Å². The number of furan rings is 1. The summed E-state index contributed by atoms with van der Waals surface area (Å²) in [6.07, 6.45) is 5.66. The van der Waals surface area contributed by atoms with E-state index in [4.69, 9.17) is 4.42 Å². The standard InChI is InChI=1S/C13H20N4O/c1-16(10-12-8-15-17(2)11-12)6-5-14-9-13-4-3-7-18-13/h3-4,7-8,11,14H,5-6,9-10H2,1-2H3. The highest BCUT2D eigenvalue weighted by Crippen LogP contribution is 2.01. The van der Waals surface area contributed by atoms with Crippen molar-refractivity contribution >= 4 is 0 Å². The predicted octanol–water partition coefficient (Wildman–Crippen LogP) is 1.23. The van der Waals surface area contributed by atoms with Gasteiger partial charge in [-0.3, -0.25) is 4.68 Å². The lowest BCUT2D eigenvalue weighted by Crippen LogP contribution is -2.28. The van der Waals surface area contributed by atoms with Crippen molar-refractivity contribution in [3.8, 4) is 0 Å². The summed E-state index contributed by atoms with van der Waals surface area (Å²) in [5.74, 6) is 0.977. The van der Waals surface area contributed by atoms with Crippen LogP contribution in [-0.4, -0.2) is 34.8 Å². The lowest BCUT2D eigenvalue weighted by Gasteiger charge is -2.15.